The average molecular weight is 168 g/mol. The van der Waals surface area contributed by atoms with Crippen LogP contribution in [0.1, 0.15) is 20.3 Å². The minimum Gasteiger partial charge on any atom is -0.369 e. The van der Waals surface area contributed by atoms with Crippen LogP contribution in [-0.4, -0.2) is 29.9 Å². The van der Waals surface area contributed by atoms with Gasteiger partial charge >= 0.3 is 0 Å². The third-order valence-electron chi connectivity index (χ3n) is 1.63. The number of carbonyl (C=O) groups excluding carboxylic acids is 1. The van der Waals surface area contributed by atoms with Crippen molar-refractivity contribution in [1.82, 2.24) is 4.90 Å². The number of terminal acetylenes is 1. The second-order valence-corrected chi connectivity index (χ2v) is 2.98. The molecule has 0 rings (SSSR count). The Morgan fingerprint density at radius 3 is 2.58 bits per heavy atom. The summed E-state index contributed by atoms with van der Waals surface area (Å²) >= 11 is 0. The molecule has 0 saturated carbocycles. The van der Waals surface area contributed by atoms with Crippen molar-refractivity contribution in [2.75, 3.05) is 13.1 Å². The Balaban J connectivity index is 3.88. The van der Waals surface area contributed by atoms with E-state index in [2.05, 4.69) is 5.92 Å². The first-order valence-corrected chi connectivity index (χ1v) is 4.03. The van der Waals surface area contributed by atoms with Gasteiger partial charge in [-0.15, -0.1) is 12.3 Å². The Morgan fingerprint density at radius 1 is 1.67 bits per heavy atom. The molecule has 0 saturated heterocycles. The molecule has 3 nitrogen and oxygen atoms in total. The molecule has 0 aromatic rings. The number of amides is 1. The lowest BCUT2D eigenvalue weighted by Crippen LogP contribution is -2.38. The van der Waals surface area contributed by atoms with Gasteiger partial charge in [0.15, 0.2) is 0 Å². The summed E-state index contributed by atoms with van der Waals surface area (Å²) in [5, 5.41) is 0. The second-order valence-electron chi connectivity index (χ2n) is 2.98. The summed E-state index contributed by atoms with van der Waals surface area (Å²) in [4.78, 5) is 12.6. The molecule has 0 radical (unpaired) electrons. The summed E-state index contributed by atoms with van der Waals surface area (Å²) < 4.78 is 0. The molecule has 68 valence electrons. The second kappa shape index (κ2) is 5.62. The molecule has 0 aliphatic heterocycles. The van der Waals surface area contributed by atoms with Crippen molar-refractivity contribution in [2.45, 2.75) is 26.3 Å². The summed E-state index contributed by atoms with van der Waals surface area (Å²) in [5.41, 5.74) is 5.07. The normalized spacial score (nSPS) is 10.2. The highest BCUT2D eigenvalue weighted by Crippen LogP contribution is 1.97. The number of primary amides is 1. The van der Waals surface area contributed by atoms with Gasteiger partial charge in [0.2, 0.25) is 5.91 Å². The largest absolute Gasteiger partial charge is 0.369 e. The van der Waals surface area contributed by atoms with Crippen LogP contribution in [0, 0.1) is 12.3 Å². The smallest absolute Gasteiger partial charge is 0.231 e. The zero-order valence-electron chi connectivity index (χ0n) is 7.71. The first-order valence-electron chi connectivity index (χ1n) is 4.03. The van der Waals surface area contributed by atoms with E-state index in [1.54, 1.807) is 0 Å². The number of nitrogens with zero attached hydrogens (tertiary/aromatic N) is 1. The summed E-state index contributed by atoms with van der Waals surface area (Å²) in [5.74, 6) is 2.23. The minimum absolute atomic E-state index is 0.291. The van der Waals surface area contributed by atoms with E-state index < -0.39 is 0 Å². The fourth-order valence-electron chi connectivity index (χ4n) is 0.928. The highest BCUT2D eigenvalue weighted by Gasteiger charge is 2.10. The maximum absolute atomic E-state index is 10.6. The Kier molecular flexibility index (Phi) is 5.14. The molecule has 0 aliphatic carbocycles. The Bertz CT molecular complexity index is 181. The first kappa shape index (κ1) is 11.0. The van der Waals surface area contributed by atoms with Crippen LogP contribution in [0.4, 0.5) is 0 Å². The average Bonchev–Trinajstić information content (AvgIpc) is 1.96. The van der Waals surface area contributed by atoms with E-state index in [1.165, 1.54) is 0 Å². The van der Waals surface area contributed by atoms with Gasteiger partial charge in [-0.05, 0) is 13.8 Å². The lowest BCUT2D eigenvalue weighted by molar-refractivity contribution is -0.119. The van der Waals surface area contributed by atoms with Crippen LogP contribution in [-0.2, 0) is 4.79 Å². The van der Waals surface area contributed by atoms with Gasteiger partial charge in [0.05, 0.1) is 6.54 Å². The summed E-state index contributed by atoms with van der Waals surface area (Å²) in [7, 11) is 0. The number of nitrogens with two attached hydrogens (primary N) is 1. The molecule has 0 heterocycles. The number of carbonyl (C=O) groups is 1. The van der Waals surface area contributed by atoms with Gasteiger partial charge in [-0.25, -0.2) is 0 Å². The molecule has 0 fully saturated rings. The molecule has 0 unspecified atom stereocenters. The standard InChI is InChI=1S/C9H16N2O/c1-4-5-6-11(8(2)3)7-9(10)12/h1,8H,5-7H2,2-3H3,(H2,10,12). The first-order chi connectivity index (χ1) is 5.57. The van der Waals surface area contributed by atoms with Gasteiger partial charge in [0, 0.05) is 19.0 Å². The molecule has 0 aromatic carbocycles. The van der Waals surface area contributed by atoms with E-state index in [1.807, 2.05) is 18.7 Å². The predicted molar refractivity (Wildman–Crippen MR) is 49.4 cm³/mol. The van der Waals surface area contributed by atoms with Gasteiger partial charge in [-0.2, -0.15) is 0 Å². The molecule has 0 atom stereocenters. The van der Waals surface area contributed by atoms with Crippen molar-refractivity contribution in [3.8, 4) is 12.3 Å². The molecular formula is C9H16N2O. The van der Waals surface area contributed by atoms with E-state index in [4.69, 9.17) is 12.2 Å². The summed E-state index contributed by atoms with van der Waals surface area (Å²) in [6, 6.07) is 0.311. The van der Waals surface area contributed by atoms with Gasteiger partial charge in [-0.3, -0.25) is 9.69 Å². The molecule has 12 heavy (non-hydrogen) atoms. The Hall–Kier alpha value is -1.01. The van der Waals surface area contributed by atoms with E-state index >= 15 is 0 Å². The quantitative estimate of drug-likeness (QED) is 0.596. The number of rotatable bonds is 5. The van der Waals surface area contributed by atoms with Crippen molar-refractivity contribution in [3.63, 3.8) is 0 Å². The van der Waals surface area contributed by atoms with Crippen LogP contribution in [0.15, 0.2) is 0 Å². The molecule has 0 spiro atoms. The highest BCUT2D eigenvalue weighted by atomic mass is 16.1. The maximum atomic E-state index is 10.6. The van der Waals surface area contributed by atoms with Crippen LogP contribution in [0.5, 0.6) is 0 Å². The van der Waals surface area contributed by atoms with Gasteiger partial charge < -0.3 is 5.73 Å². The topological polar surface area (TPSA) is 46.3 Å². The van der Waals surface area contributed by atoms with Crippen molar-refractivity contribution < 1.29 is 4.79 Å². The third-order valence-corrected chi connectivity index (χ3v) is 1.63. The van der Waals surface area contributed by atoms with E-state index in [9.17, 15) is 4.79 Å². The van der Waals surface area contributed by atoms with Crippen LogP contribution in [0.3, 0.4) is 0 Å². The highest BCUT2D eigenvalue weighted by molar-refractivity contribution is 5.75. The van der Waals surface area contributed by atoms with Crippen LogP contribution < -0.4 is 5.73 Å². The molecule has 2 N–H and O–H groups in total. The molecule has 0 aromatic heterocycles. The van der Waals surface area contributed by atoms with Gasteiger partial charge in [0.25, 0.3) is 0 Å². The molecule has 1 amide bonds. The van der Waals surface area contributed by atoms with Gasteiger partial charge in [-0.1, -0.05) is 0 Å². The monoisotopic (exact) mass is 168 g/mol. The fourth-order valence-corrected chi connectivity index (χ4v) is 0.928. The van der Waals surface area contributed by atoms with E-state index in [-0.39, 0.29) is 5.91 Å². The van der Waals surface area contributed by atoms with Crippen molar-refractivity contribution in [1.29, 1.82) is 0 Å². The fraction of sp³-hybridized carbons (Fsp3) is 0.667. The Morgan fingerprint density at radius 2 is 2.25 bits per heavy atom. The molecular weight excluding hydrogens is 152 g/mol. The maximum Gasteiger partial charge on any atom is 0.231 e. The predicted octanol–water partition coefficient (Wildman–Crippen LogP) is 0.205. The minimum atomic E-state index is -0.305. The molecule has 3 heteroatoms. The van der Waals surface area contributed by atoms with E-state index in [0.29, 0.717) is 19.0 Å². The van der Waals surface area contributed by atoms with Crippen LogP contribution >= 0.6 is 0 Å². The number of hydrogen-bond donors (Lipinski definition) is 1. The molecule has 0 aliphatic rings. The number of hydrogen-bond acceptors (Lipinski definition) is 2. The SMILES string of the molecule is C#CCCN(CC(N)=O)C(C)C. The lowest BCUT2D eigenvalue weighted by atomic mass is 10.3. The van der Waals surface area contributed by atoms with Crippen LogP contribution in [0.2, 0.25) is 0 Å². The lowest BCUT2D eigenvalue weighted by Gasteiger charge is -2.23. The van der Waals surface area contributed by atoms with Gasteiger partial charge in [0.1, 0.15) is 0 Å². The zero-order chi connectivity index (χ0) is 9.56. The zero-order valence-corrected chi connectivity index (χ0v) is 7.71. The van der Waals surface area contributed by atoms with Crippen molar-refractivity contribution in [3.05, 3.63) is 0 Å². The molecule has 0 bridgehead atoms. The van der Waals surface area contributed by atoms with E-state index in [0.717, 1.165) is 6.54 Å². The summed E-state index contributed by atoms with van der Waals surface area (Å²) in [6.07, 6.45) is 5.77. The summed E-state index contributed by atoms with van der Waals surface area (Å²) in [6.45, 7) is 5.05. The van der Waals surface area contributed by atoms with Crippen LogP contribution in [0.25, 0.3) is 0 Å². The van der Waals surface area contributed by atoms with Crippen molar-refractivity contribution >= 4 is 5.91 Å². The van der Waals surface area contributed by atoms with Crippen molar-refractivity contribution in [2.24, 2.45) is 5.73 Å². The Labute approximate surface area is 73.9 Å². The third kappa shape index (κ3) is 4.75.